The first-order valence-corrected chi connectivity index (χ1v) is 9.15. The fourth-order valence-electron chi connectivity index (χ4n) is 3.37. The minimum atomic E-state index is -0.750. The number of nitrogens with one attached hydrogen (secondary N) is 1. The van der Waals surface area contributed by atoms with Gasteiger partial charge in [0.2, 0.25) is 0 Å². The number of aromatic amines is 1. The molecule has 0 bridgehead atoms. The summed E-state index contributed by atoms with van der Waals surface area (Å²) in [5, 5.41) is 9.46. The van der Waals surface area contributed by atoms with Crippen molar-refractivity contribution in [1.82, 2.24) is 14.9 Å². The van der Waals surface area contributed by atoms with Gasteiger partial charge in [-0.15, -0.1) is 0 Å². The van der Waals surface area contributed by atoms with Gasteiger partial charge in [-0.1, -0.05) is 11.6 Å². The van der Waals surface area contributed by atoms with Crippen molar-refractivity contribution in [2.24, 2.45) is 0 Å². The molecule has 4 N–H and O–H groups in total. The van der Waals surface area contributed by atoms with Gasteiger partial charge >= 0.3 is 0 Å². The number of nitrogens with two attached hydrogens (primary N) is 1. The molecule has 0 aliphatic carbocycles. The van der Waals surface area contributed by atoms with Gasteiger partial charge in [-0.3, -0.25) is 9.69 Å². The monoisotopic (exact) mass is 400 g/mol. The van der Waals surface area contributed by atoms with Crippen LogP contribution in [0, 0.1) is 5.82 Å². The van der Waals surface area contributed by atoms with E-state index in [0.717, 1.165) is 5.56 Å². The number of H-pyrrole nitrogens is 1. The van der Waals surface area contributed by atoms with Crippen LogP contribution in [-0.4, -0.2) is 26.5 Å². The summed E-state index contributed by atoms with van der Waals surface area (Å²) in [6.07, 6.45) is 0.550. The van der Waals surface area contributed by atoms with E-state index in [4.69, 9.17) is 17.3 Å². The van der Waals surface area contributed by atoms with Crippen LogP contribution in [0.5, 0.6) is 5.75 Å². The molecule has 1 aromatic heterocycles. The summed E-state index contributed by atoms with van der Waals surface area (Å²) in [7, 11) is 0. The molecular weight excluding hydrogens is 383 g/mol. The Labute approximate surface area is 165 Å². The van der Waals surface area contributed by atoms with Crippen LogP contribution < -0.4 is 11.3 Å². The molecule has 0 fully saturated rings. The second-order valence-corrected chi connectivity index (χ2v) is 7.24. The van der Waals surface area contributed by atoms with E-state index in [2.05, 4.69) is 14.9 Å². The van der Waals surface area contributed by atoms with Crippen LogP contribution in [0.2, 0.25) is 5.02 Å². The molecule has 4 rings (SSSR count). The number of benzene rings is 2. The standard InChI is InChI=1S/C20H18ClFN4O2/c21-15-7-11(8-16(22)18(15)27)9-26-6-5-14-17(10-26)24-19(25-20(14)28)12-1-3-13(23)4-2-12/h1-4,7-8,27H,5-6,9-10,23H2,(H,24,25,28). The van der Waals surface area contributed by atoms with Gasteiger partial charge in [0.1, 0.15) is 5.82 Å². The van der Waals surface area contributed by atoms with Crippen LogP contribution >= 0.6 is 11.6 Å². The second kappa shape index (κ2) is 7.26. The van der Waals surface area contributed by atoms with Crippen molar-refractivity contribution in [3.05, 3.63) is 74.4 Å². The molecule has 2 aromatic carbocycles. The molecule has 0 radical (unpaired) electrons. The van der Waals surface area contributed by atoms with Gasteiger partial charge < -0.3 is 15.8 Å². The maximum atomic E-state index is 13.7. The Bertz CT molecular complexity index is 1080. The first kappa shape index (κ1) is 18.5. The van der Waals surface area contributed by atoms with Crippen molar-refractivity contribution in [2.45, 2.75) is 19.5 Å². The molecule has 0 spiro atoms. The van der Waals surface area contributed by atoms with Crippen LogP contribution in [0.25, 0.3) is 11.4 Å². The first-order chi connectivity index (χ1) is 13.4. The molecule has 6 nitrogen and oxygen atoms in total. The lowest BCUT2D eigenvalue weighted by Gasteiger charge is -2.27. The molecule has 2 heterocycles. The van der Waals surface area contributed by atoms with Crippen LogP contribution in [0.1, 0.15) is 16.8 Å². The lowest BCUT2D eigenvalue weighted by atomic mass is 10.0. The molecule has 28 heavy (non-hydrogen) atoms. The highest BCUT2D eigenvalue weighted by atomic mass is 35.5. The molecule has 8 heteroatoms. The van der Waals surface area contributed by atoms with E-state index in [9.17, 15) is 14.3 Å². The van der Waals surface area contributed by atoms with Crippen molar-refractivity contribution < 1.29 is 9.50 Å². The Hall–Kier alpha value is -2.90. The molecule has 0 saturated carbocycles. The van der Waals surface area contributed by atoms with Crippen LogP contribution in [0.4, 0.5) is 10.1 Å². The highest BCUT2D eigenvalue weighted by molar-refractivity contribution is 6.32. The van der Waals surface area contributed by atoms with Gasteiger partial charge in [0.05, 0.1) is 10.7 Å². The molecule has 1 aliphatic rings. The first-order valence-electron chi connectivity index (χ1n) is 8.78. The number of nitrogen functional groups attached to an aromatic ring is 1. The largest absolute Gasteiger partial charge is 0.504 e. The van der Waals surface area contributed by atoms with Gasteiger partial charge in [-0.2, -0.15) is 0 Å². The fraction of sp³-hybridized carbons (Fsp3) is 0.200. The summed E-state index contributed by atoms with van der Waals surface area (Å²) in [6.45, 7) is 1.53. The zero-order valence-corrected chi connectivity index (χ0v) is 15.6. The average Bonchev–Trinajstić information content (AvgIpc) is 2.66. The SMILES string of the molecule is Nc1ccc(-c2nc3c(c(=O)[nH]2)CCN(Cc2cc(F)c(O)c(Cl)c2)C3)cc1. The van der Waals surface area contributed by atoms with Gasteiger partial charge in [0, 0.05) is 36.4 Å². The normalized spacial score (nSPS) is 14.1. The lowest BCUT2D eigenvalue weighted by molar-refractivity contribution is 0.240. The Kier molecular flexibility index (Phi) is 4.78. The predicted molar refractivity (Wildman–Crippen MR) is 106 cm³/mol. The molecule has 0 atom stereocenters. The number of fused-ring (bicyclic) bond motifs is 1. The summed E-state index contributed by atoms with van der Waals surface area (Å²) >= 11 is 5.86. The molecule has 3 aromatic rings. The van der Waals surface area contributed by atoms with E-state index in [1.54, 1.807) is 18.2 Å². The Morgan fingerprint density at radius 2 is 2.04 bits per heavy atom. The average molecular weight is 401 g/mol. The van der Waals surface area contributed by atoms with Gasteiger partial charge in [-0.05, 0) is 48.4 Å². The van der Waals surface area contributed by atoms with Gasteiger partial charge in [0.15, 0.2) is 11.6 Å². The smallest absolute Gasteiger partial charge is 0.254 e. The molecule has 1 aliphatic heterocycles. The number of aromatic nitrogens is 2. The third kappa shape index (κ3) is 3.58. The van der Waals surface area contributed by atoms with Crippen LogP contribution in [0.3, 0.4) is 0 Å². The van der Waals surface area contributed by atoms with Crippen molar-refractivity contribution in [1.29, 1.82) is 0 Å². The highest BCUT2D eigenvalue weighted by Gasteiger charge is 2.22. The van der Waals surface area contributed by atoms with E-state index < -0.39 is 11.6 Å². The zero-order chi connectivity index (χ0) is 19.8. The number of phenolic OH excluding ortho intramolecular Hbond substituents is 1. The number of halogens is 2. The Morgan fingerprint density at radius 1 is 1.29 bits per heavy atom. The fourth-order valence-corrected chi connectivity index (χ4v) is 3.60. The zero-order valence-electron chi connectivity index (χ0n) is 14.9. The van der Waals surface area contributed by atoms with Crippen molar-refractivity contribution in [3.63, 3.8) is 0 Å². The number of rotatable bonds is 3. The number of hydrogen-bond acceptors (Lipinski definition) is 5. The van der Waals surface area contributed by atoms with Gasteiger partial charge in [0.25, 0.3) is 5.56 Å². The van der Waals surface area contributed by atoms with Crippen LogP contribution in [0.15, 0.2) is 41.2 Å². The number of hydrogen-bond donors (Lipinski definition) is 3. The highest BCUT2D eigenvalue weighted by Crippen LogP contribution is 2.29. The second-order valence-electron chi connectivity index (χ2n) is 6.83. The summed E-state index contributed by atoms with van der Waals surface area (Å²) in [5.74, 6) is -0.805. The summed E-state index contributed by atoms with van der Waals surface area (Å²) in [4.78, 5) is 22.0. The summed E-state index contributed by atoms with van der Waals surface area (Å²) < 4.78 is 13.7. The van der Waals surface area contributed by atoms with E-state index >= 15 is 0 Å². The van der Waals surface area contributed by atoms with E-state index in [0.29, 0.717) is 54.4 Å². The number of anilines is 1. The molecule has 144 valence electrons. The maximum Gasteiger partial charge on any atom is 0.254 e. The summed E-state index contributed by atoms with van der Waals surface area (Å²) in [5.41, 5.74) is 9.00. The number of nitrogens with zero attached hydrogens (tertiary/aromatic N) is 2. The molecule has 0 saturated heterocycles. The minimum Gasteiger partial charge on any atom is -0.504 e. The van der Waals surface area contributed by atoms with E-state index in [-0.39, 0.29) is 10.6 Å². The van der Waals surface area contributed by atoms with Crippen molar-refractivity contribution in [2.75, 3.05) is 12.3 Å². The van der Waals surface area contributed by atoms with Crippen LogP contribution in [-0.2, 0) is 19.5 Å². The third-order valence-corrected chi connectivity index (χ3v) is 5.11. The van der Waals surface area contributed by atoms with E-state index in [1.807, 2.05) is 12.1 Å². The van der Waals surface area contributed by atoms with E-state index in [1.165, 1.54) is 6.07 Å². The number of aromatic hydroxyl groups is 1. The van der Waals surface area contributed by atoms with Gasteiger partial charge in [-0.25, -0.2) is 9.37 Å². The Balaban J connectivity index is 1.61. The Morgan fingerprint density at radius 3 is 2.75 bits per heavy atom. The van der Waals surface area contributed by atoms with Crippen molar-refractivity contribution >= 4 is 17.3 Å². The summed E-state index contributed by atoms with van der Waals surface area (Å²) in [6, 6.07) is 9.93. The molecule has 0 unspecified atom stereocenters. The minimum absolute atomic E-state index is 0.0207. The van der Waals surface area contributed by atoms with Crippen molar-refractivity contribution in [3.8, 4) is 17.1 Å². The third-order valence-electron chi connectivity index (χ3n) is 4.82. The predicted octanol–water partition coefficient (Wildman–Crippen LogP) is 3.08. The number of phenols is 1. The topological polar surface area (TPSA) is 95.2 Å². The molecule has 0 amide bonds. The maximum absolute atomic E-state index is 13.7. The lowest BCUT2D eigenvalue weighted by Crippen LogP contribution is -2.35. The quantitative estimate of drug-likeness (QED) is 0.587. The molecular formula is C20H18ClFN4O2.